The Kier molecular flexibility index (Phi) is 7.08. The number of amides is 1. The van der Waals surface area contributed by atoms with Crippen LogP contribution >= 0.6 is 0 Å². The number of phenols is 1. The van der Waals surface area contributed by atoms with E-state index in [2.05, 4.69) is 5.32 Å². The standard InChI is InChI=1S/C26H27NO4/c1-17-14-22(12-13-24(17)28)25(29)27-23(15-18(2)26(30)31)16-19-8-10-21(11-9-19)20-6-4-3-5-7-20/h3-14,18,23,28H,15-16H2,1-2H3,(H,27,29)(H,30,31)/t18-,23+/m1/s1. The molecule has 160 valence electrons. The maximum atomic E-state index is 12.8. The van der Waals surface area contributed by atoms with Crippen molar-refractivity contribution in [3.63, 3.8) is 0 Å². The van der Waals surface area contributed by atoms with Crippen LogP contribution in [0.2, 0.25) is 0 Å². The van der Waals surface area contributed by atoms with Gasteiger partial charge in [-0.1, -0.05) is 61.5 Å². The van der Waals surface area contributed by atoms with Crippen LogP contribution in [0.1, 0.15) is 34.8 Å². The second-order valence-corrected chi connectivity index (χ2v) is 7.91. The van der Waals surface area contributed by atoms with E-state index in [-0.39, 0.29) is 17.7 Å². The van der Waals surface area contributed by atoms with Crippen molar-refractivity contribution in [1.82, 2.24) is 5.32 Å². The van der Waals surface area contributed by atoms with Gasteiger partial charge >= 0.3 is 5.97 Å². The van der Waals surface area contributed by atoms with E-state index in [1.807, 2.05) is 54.6 Å². The monoisotopic (exact) mass is 417 g/mol. The number of carboxylic acid groups (broad SMARTS) is 1. The number of carbonyl (C=O) groups is 2. The first-order chi connectivity index (χ1) is 14.8. The summed E-state index contributed by atoms with van der Waals surface area (Å²) in [4.78, 5) is 24.1. The largest absolute Gasteiger partial charge is 0.508 e. The maximum Gasteiger partial charge on any atom is 0.306 e. The van der Waals surface area contributed by atoms with Crippen molar-refractivity contribution in [1.29, 1.82) is 0 Å². The van der Waals surface area contributed by atoms with Crippen LogP contribution in [0.4, 0.5) is 0 Å². The van der Waals surface area contributed by atoms with Crippen molar-refractivity contribution in [2.24, 2.45) is 5.92 Å². The number of rotatable bonds is 8. The Morgan fingerprint density at radius 2 is 1.58 bits per heavy atom. The fraction of sp³-hybridized carbons (Fsp3) is 0.231. The summed E-state index contributed by atoms with van der Waals surface area (Å²) in [5, 5.41) is 22.0. The van der Waals surface area contributed by atoms with Crippen molar-refractivity contribution in [3.05, 3.63) is 89.5 Å². The number of phenolic OH excluding ortho intramolecular Hbond substituents is 1. The highest BCUT2D eigenvalue weighted by Gasteiger charge is 2.21. The average molecular weight is 418 g/mol. The van der Waals surface area contributed by atoms with Gasteiger partial charge in [0, 0.05) is 11.6 Å². The summed E-state index contributed by atoms with van der Waals surface area (Å²) in [7, 11) is 0. The van der Waals surface area contributed by atoms with E-state index in [1.54, 1.807) is 26.0 Å². The lowest BCUT2D eigenvalue weighted by Crippen LogP contribution is -2.38. The number of aryl methyl sites for hydroxylation is 1. The second-order valence-electron chi connectivity index (χ2n) is 7.91. The first kappa shape index (κ1) is 22.1. The van der Waals surface area contributed by atoms with Crippen LogP contribution in [0.15, 0.2) is 72.8 Å². The van der Waals surface area contributed by atoms with E-state index in [1.165, 1.54) is 6.07 Å². The molecule has 3 aromatic rings. The van der Waals surface area contributed by atoms with Crippen LogP contribution in [-0.2, 0) is 11.2 Å². The van der Waals surface area contributed by atoms with Crippen molar-refractivity contribution in [2.45, 2.75) is 32.7 Å². The molecule has 3 aromatic carbocycles. The van der Waals surface area contributed by atoms with Crippen molar-refractivity contribution < 1.29 is 19.8 Å². The first-order valence-corrected chi connectivity index (χ1v) is 10.3. The Bertz CT molecular complexity index is 1040. The van der Waals surface area contributed by atoms with Gasteiger partial charge in [0.05, 0.1) is 5.92 Å². The molecule has 2 atom stereocenters. The molecular formula is C26H27NO4. The van der Waals surface area contributed by atoms with E-state index < -0.39 is 11.9 Å². The number of carbonyl (C=O) groups excluding carboxylic acids is 1. The molecular weight excluding hydrogens is 390 g/mol. The third-order valence-electron chi connectivity index (χ3n) is 5.40. The maximum absolute atomic E-state index is 12.8. The highest BCUT2D eigenvalue weighted by molar-refractivity contribution is 5.94. The minimum Gasteiger partial charge on any atom is -0.508 e. The summed E-state index contributed by atoms with van der Waals surface area (Å²) < 4.78 is 0. The van der Waals surface area contributed by atoms with E-state index in [0.717, 1.165) is 16.7 Å². The number of aromatic hydroxyl groups is 1. The molecule has 0 saturated carbocycles. The smallest absolute Gasteiger partial charge is 0.306 e. The molecule has 0 heterocycles. The summed E-state index contributed by atoms with van der Waals surface area (Å²) in [6.45, 7) is 3.37. The van der Waals surface area contributed by atoms with Gasteiger partial charge in [0.1, 0.15) is 5.75 Å². The molecule has 5 nitrogen and oxygen atoms in total. The molecule has 0 aliphatic rings. The van der Waals surface area contributed by atoms with Crippen molar-refractivity contribution >= 4 is 11.9 Å². The quantitative estimate of drug-likeness (QED) is 0.490. The van der Waals surface area contributed by atoms with Crippen LogP contribution in [0.5, 0.6) is 5.75 Å². The lowest BCUT2D eigenvalue weighted by atomic mass is 9.94. The van der Waals surface area contributed by atoms with Gasteiger partial charge in [0.2, 0.25) is 0 Å². The molecule has 0 fully saturated rings. The highest BCUT2D eigenvalue weighted by Crippen LogP contribution is 2.21. The lowest BCUT2D eigenvalue weighted by Gasteiger charge is -2.21. The zero-order valence-electron chi connectivity index (χ0n) is 17.7. The molecule has 0 bridgehead atoms. The second kappa shape index (κ2) is 9.94. The number of hydrogen-bond acceptors (Lipinski definition) is 3. The van der Waals surface area contributed by atoms with Crippen LogP contribution < -0.4 is 5.32 Å². The van der Waals surface area contributed by atoms with Gasteiger partial charge in [-0.2, -0.15) is 0 Å². The van der Waals surface area contributed by atoms with E-state index in [4.69, 9.17) is 0 Å². The summed E-state index contributed by atoms with van der Waals surface area (Å²) in [6.07, 6.45) is 0.841. The van der Waals surface area contributed by atoms with Crippen molar-refractivity contribution in [2.75, 3.05) is 0 Å². The van der Waals surface area contributed by atoms with Gasteiger partial charge in [-0.05, 0) is 60.2 Å². The van der Waals surface area contributed by atoms with E-state index in [0.29, 0.717) is 24.0 Å². The highest BCUT2D eigenvalue weighted by atomic mass is 16.4. The number of aliphatic carboxylic acids is 1. The van der Waals surface area contributed by atoms with Crippen LogP contribution in [-0.4, -0.2) is 28.1 Å². The van der Waals surface area contributed by atoms with Gasteiger partial charge < -0.3 is 15.5 Å². The predicted octanol–water partition coefficient (Wildman–Crippen LogP) is 4.82. The molecule has 3 rings (SSSR count). The minimum atomic E-state index is -0.890. The molecule has 0 aliphatic carbocycles. The van der Waals surface area contributed by atoms with Gasteiger partial charge in [0.25, 0.3) is 5.91 Å². The molecule has 0 aliphatic heterocycles. The predicted molar refractivity (Wildman–Crippen MR) is 121 cm³/mol. The molecule has 3 N–H and O–H groups in total. The van der Waals surface area contributed by atoms with Crippen LogP contribution in [0.3, 0.4) is 0 Å². The Hall–Kier alpha value is -3.60. The molecule has 5 heteroatoms. The Morgan fingerprint density at radius 3 is 2.19 bits per heavy atom. The first-order valence-electron chi connectivity index (χ1n) is 10.3. The molecule has 31 heavy (non-hydrogen) atoms. The molecule has 0 saturated heterocycles. The third-order valence-corrected chi connectivity index (χ3v) is 5.40. The number of benzene rings is 3. The average Bonchev–Trinajstić information content (AvgIpc) is 2.76. The normalized spacial score (nSPS) is 12.7. The fourth-order valence-corrected chi connectivity index (χ4v) is 3.53. The zero-order valence-corrected chi connectivity index (χ0v) is 17.7. The number of hydrogen-bond donors (Lipinski definition) is 3. The summed E-state index contributed by atoms with van der Waals surface area (Å²) >= 11 is 0. The van der Waals surface area contributed by atoms with Crippen LogP contribution in [0, 0.1) is 12.8 Å². The summed E-state index contributed by atoms with van der Waals surface area (Å²) in [6, 6.07) is 22.5. The van der Waals surface area contributed by atoms with E-state index in [9.17, 15) is 19.8 Å². The van der Waals surface area contributed by atoms with Crippen LogP contribution in [0.25, 0.3) is 11.1 Å². The molecule has 0 aromatic heterocycles. The summed E-state index contributed by atoms with van der Waals surface area (Å²) in [5.74, 6) is -1.63. The molecule has 0 radical (unpaired) electrons. The summed E-state index contributed by atoms with van der Waals surface area (Å²) in [5.41, 5.74) is 4.29. The van der Waals surface area contributed by atoms with E-state index >= 15 is 0 Å². The van der Waals surface area contributed by atoms with Gasteiger partial charge in [-0.3, -0.25) is 9.59 Å². The Morgan fingerprint density at radius 1 is 0.935 bits per heavy atom. The Balaban J connectivity index is 1.76. The topological polar surface area (TPSA) is 86.6 Å². The number of nitrogens with one attached hydrogen (secondary N) is 1. The lowest BCUT2D eigenvalue weighted by molar-refractivity contribution is -0.141. The minimum absolute atomic E-state index is 0.131. The zero-order chi connectivity index (χ0) is 22.4. The number of carboxylic acids is 1. The fourth-order valence-electron chi connectivity index (χ4n) is 3.53. The third kappa shape index (κ3) is 5.95. The molecule has 1 amide bonds. The SMILES string of the molecule is Cc1cc(C(=O)N[C@H](Cc2ccc(-c3ccccc3)cc2)C[C@@H](C)C(=O)O)ccc1O. The van der Waals surface area contributed by atoms with Gasteiger partial charge in [-0.15, -0.1) is 0 Å². The van der Waals surface area contributed by atoms with Gasteiger partial charge in [-0.25, -0.2) is 0 Å². The van der Waals surface area contributed by atoms with Crippen molar-refractivity contribution in [3.8, 4) is 16.9 Å². The molecule has 0 spiro atoms. The van der Waals surface area contributed by atoms with Gasteiger partial charge in [0.15, 0.2) is 0 Å². The Labute approximate surface area is 182 Å². The molecule has 0 unspecified atom stereocenters.